The van der Waals surface area contributed by atoms with E-state index in [1.165, 1.54) is 0 Å². The lowest BCUT2D eigenvalue weighted by Crippen LogP contribution is -2.38. The van der Waals surface area contributed by atoms with E-state index >= 15 is 0 Å². The number of hydrogen-bond acceptors (Lipinski definition) is 6. The largest absolute Gasteiger partial charge is 0.496 e. The third kappa shape index (κ3) is 3.54. The Labute approximate surface area is 197 Å². The van der Waals surface area contributed by atoms with Gasteiger partial charge in [-0.25, -0.2) is 9.50 Å². The minimum absolute atomic E-state index is 0.0286. The number of hydrogen-bond donors (Lipinski definition) is 1. The van der Waals surface area contributed by atoms with E-state index in [0.717, 1.165) is 39.1 Å². The first-order valence-electron chi connectivity index (χ1n) is 11.4. The number of carbonyl (C=O) groups is 1. The van der Waals surface area contributed by atoms with Crippen molar-refractivity contribution in [2.75, 3.05) is 20.8 Å². The number of nitrogens with zero attached hydrogens (tertiary/aromatic N) is 4. The number of fused-ring (bicyclic) bond motifs is 4. The van der Waals surface area contributed by atoms with Gasteiger partial charge >= 0.3 is 0 Å². The molecule has 0 saturated heterocycles. The van der Waals surface area contributed by atoms with E-state index in [2.05, 4.69) is 0 Å². The Morgan fingerprint density at radius 1 is 1.12 bits per heavy atom. The van der Waals surface area contributed by atoms with Crippen LogP contribution in [0.2, 0.25) is 0 Å². The molecule has 5 rings (SSSR count). The van der Waals surface area contributed by atoms with Crippen LogP contribution in [0.3, 0.4) is 0 Å². The predicted molar refractivity (Wildman–Crippen MR) is 128 cm³/mol. The number of benzene rings is 2. The normalized spacial score (nSPS) is 15.6. The van der Waals surface area contributed by atoms with Crippen LogP contribution >= 0.6 is 0 Å². The molecule has 0 radical (unpaired) electrons. The Balaban J connectivity index is 1.39. The quantitative estimate of drug-likeness (QED) is 0.490. The molecule has 0 aliphatic carbocycles. The van der Waals surface area contributed by atoms with E-state index in [1.54, 1.807) is 31.3 Å². The van der Waals surface area contributed by atoms with Crippen LogP contribution in [0.5, 0.6) is 11.5 Å². The smallest absolute Gasteiger partial charge is 0.223 e. The van der Waals surface area contributed by atoms with Crippen LogP contribution in [-0.2, 0) is 17.8 Å². The van der Waals surface area contributed by atoms with Gasteiger partial charge in [-0.2, -0.15) is 5.10 Å². The standard InChI is InChI=1S/C26H28N4O4/c1-15-17(16(2)30-26(27-15)18-7-5-6-8-20(18)28-30)9-12-24(32)29-13-19-22(33-3)10-11-23(34-4)25(19)21(31)14-29/h5-8,10-11,21,31H,9,12-14H2,1-4H3. The number of aliphatic hydroxyl groups is 1. The molecule has 2 aromatic heterocycles. The van der Waals surface area contributed by atoms with Crippen LogP contribution in [0.4, 0.5) is 0 Å². The van der Waals surface area contributed by atoms with Gasteiger partial charge in [-0.3, -0.25) is 4.79 Å². The van der Waals surface area contributed by atoms with Crippen molar-refractivity contribution < 1.29 is 19.4 Å². The zero-order chi connectivity index (χ0) is 24.0. The lowest BCUT2D eigenvalue weighted by atomic mass is 9.94. The summed E-state index contributed by atoms with van der Waals surface area (Å²) < 4.78 is 12.8. The van der Waals surface area contributed by atoms with Gasteiger partial charge in [0.15, 0.2) is 5.65 Å². The Morgan fingerprint density at radius 2 is 1.85 bits per heavy atom. The Hall–Kier alpha value is -3.65. The summed E-state index contributed by atoms with van der Waals surface area (Å²) in [5.74, 6) is 1.21. The monoisotopic (exact) mass is 460 g/mol. The van der Waals surface area contributed by atoms with Gasteiger partial charge in [0.25, 0.3) is 0 Å². The highest BCUT2D eigenvalue weighted by Gasteiger charge is 2.32. The van der Waals surface area contributed by atoms with Crippen LogP contribution in [0.25, 0.3) is 16.6 Å². The molecule has 176 valence electrons. The first-order valence-corrected chi connectivity index (χ1v) is 11.4. The average molecular weight is 461 g/mol. The highest BCUT2D eigenvalue weighted by molar-refractivity contribution is 5.92. The molecule has 34 heavy (non-hydrogen) atoms. The van der Waals surface area contributed by atoms with Crippen LogP contribution in [0, 0.1) is 13.8 Å². The van der Waals surface area contributed by atoms with Gasteiger partial charge < -0.3 is 19.5 Å². The maximum Gasteiger partial charge on any atom is 0.223 e. The highest BCUT2D eigenvalue weighted by atomic mass is 16.5. The molecule has 0 saturated carbocycles. The maximum atomic E-state index is 13.2. The molecule has 1 aliphatic rings. The number of β-amino-alcohol motifs (C(OH)–C–C–N with tert-alkyl or cyclic N) is 1. The van der Waals surface area contributed by atoms with E-state index < -0.39 is 6.10 Å². The molecule has 0 bridgehead atoms. The SMILES string of the molecule is COc1ccc(OC)c2c1CN(C(=O)CCc1c(C)nc3c4ccccc4nn3c1C)CC2O. The van der Waals surface area contributed by atoms with Gasteiger partial charge in [0.2, 0.25) is 5.91 Å². The summed E-state index contributed by atoms with van der Waals surface area (Å²) in [5.41, 5.74) is 6.12. The fourth-order valence-electron chi connectivity index (χ4n) is 4.99. The van der Waals surface area contributed by atoms with Gasteiger partial charge in [0.05, 0.1) is 26.3 Å². The van der Waals surface area contributed by atoms with E-state index in [4.69, 9.17) is 19.6 Å². The summed E-state index contributed by atoms with van der Waals surface area (Å²) >= 11 is 0. The fraction of sp³-hybridized carbons (Fsp3) is 0.346. The number of aryl methyl sites for hydroxylation is 2. The zero-order valence-corrected chi connectivity index (χ0v) is 19.8. The van der Waals surface area contributed by atoms with Crippen molar-refractivity contribution in [3.05, 3.63) is 64.5 Å². The molecule has 1 atom stereocenters. The van der Waals surface area contributed by atoms with Gasteiger partial charge in [0, 0.05) is 40.9 Å². The summed E-state index contributed by atoms with van der Waals surface area (Å²) in [5, 5.41) is 16.5. The fourth-order valence-corrected chi connectivity index (χ4v) is 4.99. The van der Waals surface area contributed by atoms with Crippen LogP contribution in [-0.4, -0.2) is 51.3 Å². The van der Waals surface area contributed by atoms with E-state index in [1.807, 2.05) is 42.6 Å². The predicted octanol–water partition coefficient (Wildman–Crippen LogP) is 3.52. The Kier molecular flexibility index (Phi) is 5.61. The molecule has 8 nitrogen and oxygen atoms in total. The first kappa shape index (κ1) is 22.2. The number of amides is 1. The lowest BCUT2D eigenvalue weighted by Gasteiger charge is -2.34. The van der Waals surface area contributed by atoms with Gasteiger partial charge in [-0.05, 0) is 50.1 Å². The van der Waals surface area contributed by atoms with Crippen molar-refractivity contribution in [1.82, 2.24) is 19.5 Å². The molecule has 1 aliphatic heterocycles. The van der Waals surface area contributed by atoms with Crippen LogP contribution in [0.15, 0.2) is 36.4 Å². The maximum absolute atomic E-state index is 13.2. The number of carbonyl (C=O) groups excluding carboxylic acids is 1. The number of aliphatic hydroxyl groups excluding tert-OH is 1. The minimum Gasteiger partial charge on any atom is -0.496 e. The van der Waals surface area contributed by atoms with Gasteiger partial charge in [-0.1, -0.05) is 12.1 Å². The third-order valence-electron chi connectivity index (χ3n) is 6.75. The van der Waals surface area contributed by atoms with Crippen LogP contribution in [0.1, 0.15) is 40.6 Å². The van der Waals surface area contributed by atoms with Gasteiger partial charge in [0.1, 0.15) is 17.6 Å². The molecule has 3 heterocycles. The molecule has 0 fully saturated rings. The molecular formula is C26H28N4O4. The van der Waals surface area contributed by atoms with Crippen molar-refractivity contribution in [1.29, 1.82) is 0 Å². The second-order valence-corrected chi connectivity index (χ2v) is 8.67. The molecular weight excluding hydrogens is 432 g/mol. The van der Waals surface area contributed by atoms with Crippen LogP contribution < -0.4 is 9.47 Å². The number of rotatable bonds is 5. The van der Waals surface area contributed by atoms with Crippen molar-refractivity contribution in [3.8, 4) is 11.5 Å². The molecule has 1 amide bonds. The summed E-state index contributed by atoms with van der Waals surface area (Å²) in [4.78, 5) is 19.7. The second kappa shape index (κ2) is 8.61. The highest BCUT2D eigenvalue weighted by Crippen LogP contribution is 2.39. The van der Waals surface area contributed by atoms with Crippen molar-refractivity contribution >= 4 is 22.5 Å². The number of aromatic nitrogens is 3. The zero-order valence-electron chi connectivity index (χ0n) is 19.8. The van der Waals surface area contributed by atoms with E-state index in [9.17, 15) is 9.90 Å². The van der Waals surface area contributed by atoms with E-state index in [0.29, 0.717) is 36.4 Å². The van der Waals surface area contributed by atoms with Crippen molar-refractivity contribution in [3.63, 3.8) is 0 Å². The molecule has 1 unspecified atom stereocenters. The number of methoxy groups -OCH3 is 2. The van der Waals surface area contributed by atoms with E-state index in [-0.39, 0.29) is 12.5 Å². The summed E-state index contributed by atoms with van der Waals surface area (Å²) in [6.07, 6.45) is 0.0182. The molecule has 8 heteroatoms. The van der Waals surface area contributed by atoms with Crippen molar-refractivity contribution in [2.24, 2.45) is 0 Å². The molecule has 0 spiro atoms. The molecule has 1 N–H and O–H groups in total. The molecule has 2 aromatic carbocycles. The topological polar surface area (TPSA) is 89.2 Å². The summed E-state index contributed by atoms with van der Waals surface area (Å²) in [6, 6.07) is 11.5. The minimum atomic E-state index is -0.837. The lowest BCUT2D eigenvalue weighted by molar-refractivity contribution is -0.134. The van der Waals surface area contributed by atoms with Gasteiger partial charge in [-0.15, -0.1) is 0 Å². The Bertz CT molecular complexity index is 1410. The molecule has 4 aromatic rings. The second-order valence-electron chi connectivity index (χ2n) is 8.67. The summed E-state index contributed by atoms with van der Waals surface area (Å²) in [6.45, 7) is 4.58. The summed E-state index contributed by atoms with van der Waals surface area (Å²) in [7, 11) is 3.16. The average Bonchev–Trinajstić information content (AvgIpc) is 3.21. The Morgan fingerprint density at radius 3 is 2.62 bits per heavy atom. The third-order valence-corrected chi connectivity index (χ3v) is 6.75. The van der Waals surface area contributed by atoms with Crippen molar-refractivity contribution in [2.45, 2.75) is 39.3 Å². The first-order chi connectivity index (χ1) is 16.4. The number of ether oxygens (including phenoxy) is 2.